The zero-order chi connectivity index (χ0) is 14.7. The van der Waals surface area contributed by atoms with Crippen LogP contribution < -0.4 is 0 Å². The minimum Gasteiger partial charge on any atom is -0.726 e. The molecule has 7 heteroatoms. The molecule has 0 aliphatic heterocycles. The van der Waals surface area contributed by atoms with Gasteiger partial charge in [0.1, 0.15) is 6.54 Å². The highest BCUT2D eigenvalue weighted by molar-refractivity contribution is 7.80. The van der Waals surface area contributed by atoms with Crippen LogP contribution in [-0.4, -0.2) is 63.0 Å². The SMILES string of the molecule is CCCCC[N+](C)(CC)CCO.COS(=O)(=O)[O-]. The van der Waals surface area contributed by atoms with Gasteiger partial charge < -0.3 is 14.1 Å². The molecule has 0 heterocycles. The van der Waals surface area contributed by atoms with Crippen molar-refractivity contribution in [3.8, 4) is 0 Å². The van der Waals surface area contributed by atoms with Crippen LogP contribution in [0.3, 0.4) is 0 Å². The zero-order valence-corrected chi connectivity index (χ0v) is 12.7. The lowest BCUT2D eigenvalue weighted by Crippen LogP contribution is -2.46. The van der Waals surface area contributed by atoms with Crippen molar-refractivity contribution in [1.82, 2.24) is 0 Å². The Labute approximate surface area is 111 Å². The second-order valence-electron chi connectivity index (χ2n) is 4.39. The summed E-state index contributed by atoms with van der Waals surface area (Å²) in [6.45, 7) is 7.98. The van der Waals surface area contributed by atoms with Crippen LogP contribution >= 0.6 is 0 Å². The van der Waals surface area contributed by atoms with E-state index in [1.165, 1.54) is 25.8 Å². The van der Waals surface area contributed by atoms with Crippen LogP contribution in [0, 0.1) is 0 Å². The van der Waals surface area contributed by atoms with Crippen molar-refractivity contribution < 1.29 is 26.7 Å². The van der Waals surface area contributed by atoms with Crippen LogP contribution in [-0.2, 0) is 14.6 Å². The fourth-order valence-corrected chi connectivity index (χ4v) is 1.41. The maximum Gasteiger partial charge on any atom is 0.217 e. The number of aliphatic hydroxyl groups excluding tert-OH is 1. The van der Waals surface area contributed by atoms with Gasteiger partial charge in [-0.25, -0.2) is 8.42 Å². The van der Waals surface area contributed by atoms with Crippen LogP contribution in [0.5, 0.6) is 0 Å². The van der Waals surface area contributed by atoms with Gasteiger partial charge >= 0.3 is 0 Å². The van der Waals surface area contributed by atoms with Gasteiger partial charge in [0, 0.05) is 0 Å². The number of aliphatic hydroxyl groups is 1. The molecular weight excluding hydrogens is 258 g/mol. The number of unbranched alkanes of at least 4 members (excludes halogenated alkanes) is 2. The first-order chi connectivity index (χ1) is 8.24. The van der Waals surface area contributed by atoms with E-state index in [-0.39, 0.29) is 0 Å². The quantitative estimate of drug-likeness (QED) is 0.307. The van der Waals surface area contributed by atoms with Crippen molar-refractivity contribution in [2.75, 3.05) is 40.4 Å². The van der Waals surface area contributed by atoms with E-state index < -0.39 is 10.4 Å². The van der Waals surface area contributed by atoms with Crippen molar-refractivity contribution in [3.63, 3.8) is 0 Å². The van der Waals surface area contributed by atoms with E-state index >= 15 is 0 Å². The Hall–Kier alpha value is -0.210. The molecule has 0 fully saturated rings. The summed E-state index contributed by atoms with van der Waals surface area (Å²) in [5.41, 5.74) is 0. The molecule has 0 bridgehead atoms. The van der Waals surface area contributed by atoms with Crippen LogP contribution in [0.25, 0.3) is 0 Å². The topological polar surface area (TPSA) is 86.7 Å². The summed E-state index contributed by atoms with van der Waals surface area (Å²) in [7, 11) is -1.38. The molecular formula is C11H27NO5S. The Balaban J connectivity index is 0. The van der Waals surface area contributed by atoms with E-state index in [4.69, 9.17) is 5.11 Å². The highest BCUT2D eigenvalue weighted by Gasteiger charge is 2.16. The molecule has 0 saturated heterocycles. The lowest BCUT2D eigenvalue weighted by Gasteiger charge is -2.32. The van der Waals surface area contributed by atoms with Crippen molar-refractivity contribution in [2.45, 2.75) is 33.1 Å². The Morgan fingerprint density at radius 2 is 1.72 bits per heavy atom. The normalized spacial score (nSPS) is 14.6. The van der Waals surface area contributed by atoms with Gasteiger partial charge in [0.05, 0.1) is 33.9 Å². The number of rotatable bonds is 8. The number of hydrogen-bond acceptors (Lipinski definition) is 5. The second kappa shape index (κ2) is 10.7. The maximum atomic E-state index is 9.22. The third-order valence-corrected chi connectivity index (χ3v) is 3.32. The molecule has 0 radical (unpaired) electrons. The molecule has 0 aromatic carbocycles. The molecule has 0 spiro atoms. The highest BCUT2D eigenvalue weighted by atomic mass is 32.3. The minimum atomic E-state index is -4.41. The molecule has 0 aromatic heterocycles. The maximum absolute atomic E-state index is 9.22. The molecule has 1 atom stereocenters. The first-order valence-corrected chi connectivity index (χ1v) is 7.53. The monoisotopic (exact) mass is 285 g/mol. The van der Waals surface area contributed by atoms with Crippen LogP contribution in [0.15, 0.2) is 0 Å². The first-order valence-electron chi connectivity index (χ1n) is 6.20. The van der Waals surface area contributed by atoms with Gasteiger partial charge in [-0.15, -0.1) is 0 Å². The fourth-order valence-electron chi connectivity index (χ4n) is 1.41. The molecule has 0 aromatic rings. The average Bonchev–Trinajstić information content (AvgIpc) is 2.30. The summed E-state index contributed by atoms with van der Waals surface area (Å²) < 4.78 is 32.0. The van der Waals surface area contributed by atoms with Gasteiger partial charge in [-0.2, -0.15) is 0 Å². The molecule has 0 aliphatic rings. The molecule has 6 nitrogen and oxygen atoms in total. The van der Waals surface area contributed by atoms with Crippen LogP contribution in [0.4, 0.5) is 0 Å². The highest BCUT2D eigenvalue weighted by Crippen LogP contribution is 2.05. The summed E-state index contributed by atoms with van der Waals surface area (Å²) in [6, 6.07) is 0. The van der Waals surface area contributed by atoms with E-state index in [1.807, 2.05) is 0 Å². The standard InChI is InChI=1S/C10H24NO.CH4O4S/c1-4-6-7-8-11(3,5-2)9-10-12;1-5-6(2,3)4/h12H,4-10H2,1-3H3;1H3,(H,2,3,4)/q+1;/p-1. The summed E-state index contributed by atoms with van der Waals surface area (Å²) >= 11 is 0. The zero-order valence-electron chi connectivity index (χ0n) is 11.9. The molecule has 0 saturated carbocycles. The van der Waals surface area contributed by atoms with Crippen molar-refractivity contribution in [2.24, 2.45) is 0 Å². The van der Waals surface area contributed by atoms with E-state index in [1.54, 1.807) is 0 Å². The Morgan fingerprint density at radius 1 is 1.22 bits per heavy atom. The van der Waals surface area contributed by atoms with Crippen LogP contribution in [0.1, 0.15) is 33.1 Å². The van der Waals surface area contributed by atoms with Crippen molar-refractivity contribution in [1.29, 1.82) is 0 Å². The number of hydrogen-bond donors (Lipinski definition) is 1. The van der Waals surface area contributed by atoms with Gasteiger partial charge in [0.15, 0.2) is 0 Å². The van der Waals surface area contributed by atoms with Crippen molar-refractivity contribution in [3.05, 3.63) is 0 Å². The fraction of sp³-hybridized carbons (Fsp3) is 1.00. The molecule has 1 N–H and O–H groups in total. The van der Waals surface area contributed by atoms with Crippen molar-refractivity contribution >= 4 is 10.4 Å². The Bertz CT molecular complexity index is 281. The predicted octanol–water partition coefficient (Wildman–Crippen LogP) is 0.728. The lowest BCUT2D eigenvalue weighted by molar-refractivity contribution is -0.908. The first kappa shape index (κ1) is 20.1. The number of nitrogens with zero attached hydrogens (tertiary/aromatic N) is 1. The molecule has 1 unspecified atom stereocenters. The van der Waals surface area contributed by atoms with Gasteiger partial charge in [-0.05, 0) is 19.8 Å². The van der Waals surface area contributed by atoms with E-state index in [0.29, 0.717) is 6.61 Å². The van der Waals surface area contributed by atoms with E-state index in [9.17, 15) is 13.0 Å². The Kier molecular flexibility index (Phi) is 11.9. The summed E-state index contributed by atoms with van der Waals surface area (Å²) in [5.74, 6) is 0. The smallest absolute Gasteiger partial charge is 0.217 e. The van der Waals surface area contributed by atoms with Gasteiger partial charge in [0.25, 0.3) is 0 Å². The van der Waals surface area contributed by atoms with E-state index in [0.717, 1.165) is 24.7 Å². The van der Waals surface area contributed by atoms with E-state index in [2.05, 4.69) is 25.1 Å². The lowest BCUT2D eigenvalue weighted by atomic mass is 10.2. The predicted molar refractivity (Wildman–Crippen MR) is 69.8 cm³/mol. The van der Waals surface area contributed by atoms with Gasteiger partial charge in [-0.3, -0.25) is 4.18 Å². The average molecular weight is 285 g/mol. The third-order valence-electron chi connectivity index (χ3n) is 2.91. The third kappa shape index (κ3) is 13.9. The number of quaternary nitrogens is 1. The minimum absolute atomic E-state index is 0.316. The van der Waals surface area contributed by atoms with Crippen LogP contribution in [0.2, 0.25) is 0 Å². The molecule has 18 heavy (non-hydrogen) atoms. The largest absolute Gasteiger partial charge is 0.726 e. The summed E-state index contributed by atoms with van der Waals surface area (Å²) in [4.78, 5) is 0. The second-order valence-corrected chi connectivity index (χ2v) is 5.54. The summed E-state index contributed by atoms with van der Waals surface area (Å²) in [6.07, 6.45) is 3.89. The molecule has 0 rings (SSSR count). The molecule has 0 amide bonds. The molecule has 112 valence electrons. The number of likely N-dealkylation sites (N-methyl/N-ethyl adjacent to an activating group) is 1. The summed E-state index contributed by atoms with van der Waals surface area (Å²) in [5, 5.41) is 8.87. The van der Waals surface area contributed by atoms with Gasteiger partial charge in [-0.1, -0.05) is 13.3 Å². The van der Waals surface area contributed by atoms with Gasteiger partial charge in [0.2, 0.25) is 10.4 Å². The Morgan fingerprint density at radius 3 is 2.00 bits per heavy atom. The molecule has 0 aliphatic carbocycles.